The van der Waals surface area contributed by atoms with Crippen molar-refractivity contribution < 1.29 is 9.13 Å². The molecule has 1 spiro atoms. The van der Waals surface area contributed by atoms with Gasteiger partial charge in [0.2, 0.25) is 0 Å². The number of unbranched alkanes of at least 4 members (excludes halogenated alkanes) is 1. The van der Waals surface area contributed by atoms with E-state index in [1.807, 2.05) is 24.4 Å². The minimum absolute atomic E-state index is 0.0452. The number of hydrogen-bond donors (Lipinski definition) is 0. The van der Waals surface area contributed by atoms with E-state index in [0.717, 1.165) is 45.1 Å². The largest absolute Gasteiger partial charge is 0.375 e. The van der Waals surface area contributed by atoms with Gasteiger partial charge in [0.15, 0.2) is 0 Å². The molecule has 0 radical (unpaired) electrons. The zero-order chi connectivity index (χ0) is 19.5. The molecule has 4 heteroatoms. The fraction of sp³-hybridized carbons (Fsp3) is 0.542. The van der Waals surface area contributed by atoms with E-state index in [1.165, 1.54) is 36.8 Å². The minimum Gasteiger partial charge on any atom is -0.375 e. The SMILES string of the molecule is Fc1ccc([C@]2(CCCCc3cncc(Cl)c3)CCOC3(CCCC3)C2)cc1. The quantitative estimate of drug-likeness (QED) is 0.505. The van der Waals surface area contributed by atoms with Crippen molar-refractivity contribution in [3.05, 3.63) is 64.7 Å². The summed E-state index contributed by atoms with van der Waals surface area (Å²) >= 11 is 6.06. The molecule has 0 amide bonds. The number of nitrogens with zero attached hydrogens (tertiary/aromatic N) is 1. The lowest BCUT2D eigenvalue weighted by Crippen LogP contribution is -2.46. The summed E-state index contributed by atoms with van der Waals surface area (Å²) < 4.78 is 19.9. The van der Waals surface area contributed by atoms with Gasteiger partial charge >= 0.3 is 0 Å². The fourth-order valence-electron chi connectivity index (χ4n) is 5.35. The zero-order valence-electron chi connectivity index (χ0n) is 16.4. The van der Waals surface area contributed by atoms with Gasteiger partial charge in [0.1, 0.15) is 5.82 Å². The summed E-state index contributed by atoms with van der Waals surface area (Å²) in [5.41, 5.74) is 2.63. The Bertz CT molecular complexity index is 787. The van der Waals surface area contributed by atoms with Crippen molar-refractivity contribution in [3.63, 3.8) is 0 Å². The van der Waals surface area contributed by atoms with Crippen LogP contribution in [0.4, 0.5) is 4.39 Å². The van der Waals surface area contributed by atoms with Gasteiger partial charge < -0.3 is 4.74 Å². The van der Waals surface area contributed by atoms with Crippen LogP contribution >= 0.6 is 11.6 Å². The number of benzene rings is 1. The summed E-state index contributed by atoms with van der Waals surface area (Å²) in [4.78, 5) is 4.19. The van der Waals surface area contributed by atoms with Crippen LogP contribution in [-0.4, -0.2) is 17.2 Å². The Morgan fingerprint density at radius 3 is 2.57 bits per heavy atom. The molecule has 1 saturated heterocycles. The summed E-state index contributed by atoms with van der Waals surface area (Å²) in [6, 6.07) is 9.25. The highest BCUT2D eigenvalue weighted by molar-refractivity contribution is 6.30. The first kappa shape index (κ1) is 19.8. The minimum atomic E-state index is -0.157. The topological polar surface area (TPSA) is 22.1 Å². The second kappa shape index (κ2) is 8.51. The van der Waals surface area contributed by atoms with Crippen LogP contribution in [0.1, 0.15) is 68.9 Å². The van der Waals surface area contributed by atoms with Crippen molar-refractivity contribution >= 4 is 11.6 Å². The van der Waals surface area contributed by atoms with E-state index >= 15 is 0 Å². The predicted octanol–water partition coefficient (Wildman–Crippen LogP) is 6.65. The number of aromatic nitrogens is 1. The van der Waals surface area contributed by atoms with Gasteiger partial charge in [-0.3, -0.25) is 4.98 Å². The van der Waals surface area contributed by atoms with Crippen molar-refractivity contribution in [3.8, 4) is 0 Å². The van der Waals surface area contributed by atoms with E-state index in [-0.39, 0.29) is 16.8 Å². The highest BCUT2D eigenvalue weighted by Gasteiger charge is 2.47. The maximum atomic E-state index is 13.6. The van der Waals surface area contributed by atoms with Crippen molar-refractivity contribution in [2.24, 2.45) is 0 Å². The molecule has 2 aromatic rings. The molecule has 4 rings (SSSR count). The molecule has 0 bridgehead atoms. The van der Waals surface area contributed by atoms with Crippen LogP contribution in [-0.2, 0) is 16.6 Å². The average Bonchev–Trinajstić information content (AvgIpc) is 3.13. The Morgan fingerprint density at radius 2 is 1.82 bits per heavy atom. The normalized spacial score (nSPS) is 23.9. The maximum Gasteiger partial charge on any atom is 0.123 e. The highest BCUT2D eigenvalue weighted by Crippen LogP contribution is 2.50. The molecule has 2 heterocycles. The van der Waals surface area contributed by atoms with Crippen LogP contribution in [0.2, 0.25) is 5.02 Å². The van der Waals surface area contributed by atoms with E-state index in [0.29, 0.717) is 5.02 Å². The van der Waals surface area contributed by atoms with E-state index in [4.69, 9.17) is 16.3 Å². The Hall–Kier alpha value is -1.45. The molecule has 2 fully saturated rings. The first-order valence-corrected chi connectivity index (χ1v) is 11.0. The number of pyridine rings is 1. The van der Waals surface area contributed by atoms with Crippen LogP contribution in [0, 0.1) is 5.82 Å². The van der Waals surface area contributed by atoms with E-state index in [9.17, 15) is 4.39 Å². The molecule has 0 N–H and O–H groups in total. The molecular formula is C24H29ClFNO. The molecule has 1 aliphatic heterocycles. The fourth-order valence-corrected chi connectivity index (χ4v) is 5.55. The molecular weight excluding hydrogens is 373 g/mol. The first-order valence-electron chi connectivity index (χ1n) is 10.6. The Balaban J connectivity index is 1.47. The maximum absolute atomic E-state index is 13.6. The zero-order valence-corrected chi connectivity index (χ0v) is 17.2. The number of rotatable bonds is 6. The van der Waals surface area contributed by atoms with E-state index in [1.54, 1.807) is 18.3 Å². The summed E-state index contributed by atoms with van der Waals surface area (Å²) in [7, 11) is 0. The molecule has 0 unspecified atom stereocenters. The lowest BCUT2D eigenvalue weighted by molar-refractivity contribution is -0.104. The predicted molar refractivity (Wildman–Crippen MR) is 111 cm³/mol. The lowest BCUT2D eigenvalue weighted by atomic mass is 9.65. The van der Waals surface area contributed by atoms with Crippen LogP contribution < -0.4 is 0 Å². The van der Waals surface area contributed by atoms with Crippen LogP contribution in [0.5, 0.6) is 0 Å². The van der Waals surface area contributed by atoms with Gasteiger partial charge in [-0.05, 0) is 74.3 Å². The van der Waals surface area contributed by atoms with Crippen molar-refractivity contribution in [1.82, 2.24) is 4.98 Å². The molecule has 150 valence electrons. The van der Waals surface area contributed by atoms with Gasteiger partial charge in [-0.15, -0.1) is 0 Å². The molecule has 28 heavy (non-hydrogen) atoms. The Morgan fingerprint density at radius 1 is 1.04 bits per heavy atom. The first-order chi connectivity index (χ1) is 13.6. The number of hydrogen-bond acceptors (Lipinski definition) is 2. The molecule has 1 aliphatic carbocycles. The van der Waals surface area contributed by atoms with Gasteiger partial charge in [-0.1, -0.05) is 43.0 Å². The summed E-state index contributed by atoms with van der Waals surface area (Å²) in [6.45, 7) is 0.815. The summed E-state index contributed by atoms with van der Waals surface area (Å²) in [5, 5.41) is 0.702. The molecule has 1 aromatic heterocycles. The van der Waals surface area contributed by atoms with E-state index < -0.39 is 0 Å². The molecule has 1 atom stereocenters. The number of aryl methyl sites for hydroxylation is 1. The van der Waals surface area contributed by atoms with Crippen molar-refractivity contribution in [2.45, 2.75) is 75.2 Å². The van der Waals surface area contributed by atoms with Gasteiger partial charge in [0.05, 0.1) is 10.6 Å². The molecule has 2 nitrogen and oxygen atoms in total. The second-order valence-corrected chi connectivity index (χ2v) is 9.11. The highest BCUT2D eigenvalue weighted by atomic mass is 35.5. The monoisotopic (exact) mass is 401 g/mol. The molecule has 1 aromatic carbocycles. The van der Waals surface area contributed by atoms with Crippen LogP contribution in [0.25, 0.3) is 0 Å². The third kappa shape index (κ3) is 4.41. The Labute approximate surface area is 172 Å². The van der Waals surface area contributed by atoms with Gasteiger partial charge in [-0.25, -0.2) is 4.39 Å². The van der Waals surface area contributed by atoms with Crippen LogP contribution in [0.15, 0.2) is 42.7 Å². The lowest BCUT2D eigenvalue weighted by Gasteiger charge is -2.47. The van der Waals surface area contributed by atoms with Gasteiger partial charge in [0, 0.05) is 24.4 Å². The average molecular weight is 402 g/mol. The third-order valence-electron chi connectivity index (χ3n) is 6.75. The summed E-state index contributed by atoms with van der Waals surface area (Å²) in [5.74, 6) is -0.157. The van der Waals surface area contributed by atoms with Crippen molar-refractivity contribution in [2.75, 3.05) is 6.61 Å². The molecule has 1 saturated carbocycles. The van der Waals surface area contributed by atoms with Gasteiger partial charge in [-0.2, -0.15) is 0 Å². The third-order valence-corrected chi connectivity index (χ3v) is 6.96. The van der Waals surface area contributed by atoms with Crippen LogP contribution in [0.3, 0.4) is 0 Å². The number of halogens is 2. The summed E-state index contributed by atoms with van der Waals surface area (Å²) in [6.07, 6.45) is 14.9. The van der Waals surface area contributed by atoms with Crippen molar-refractivity contribution in [1.29, 1.82) is 0 Å². The van der Waals surface area contributed by atoms with E-state index in [2.05, 4.69) is 4.98 Å². The second-order valence-electron chi connectivity index (χ2n) is 8.67. The van der Waals surface area contributed by atoms with Gasteiger partial charge in [0.25, 0.3) is 0 Å². The number of ether oxygens (including phenoxy) is 1. The smallest absolute Gasteiger partial charge is 0.123 e. The molecule has 2 aliphatic rings. The standard InChI is InChI=1S/C24H29ClFNO/c25-21-15-19(16-27-17-21)5-1-2-10-23(20-6-8-22(26)9-7-20)13-14-28-24(18-23)11-3-4-12-24/h6-9,15-17H,1-5,10-14,18H2/t23-/m1/s1. The Kier molecular flexibility index (Phi) is 6.03.